The minimum Gasteiger partial charge on any atom is -0.462 e. The average Bonchev–Trinajstić information content (AvgIpc) is 2.72. The third-order valence-electron chi connectivity index (χ3n) is 2.19. The molecule has 0 bridgehead atoms. The van der Waals surface area contributed by atoms with E-state index in [9.17, 15) is 4.79 Å². The van der Waals surface area contributed by atoms with Crippen molar-refractivity contribution in [1.29, 1.82) is 0 Å². The van der Waals surface area contributed by atoms with Gasteiger partial charge in [-0.1, -0.05) is 12.2 Å². The fraction of sp³-hybridized carbons (Fsp3) is 0.182. The number of esters is 1. The second-order valence-electron chi connectivity index (χ2n) is 3.25. The maximum atomic E-state index is 11.6. The molecular formula is C11H11N3O2S. The molecule has 0 fully saturated rings. The van der Waals surface area contributed by atoms with Gasteiger partial charge in [-0.3, -0.25) is 10.1 Å². The van der Waals surface area contributed by atoms with Crippen LogP contribution in [0, 0.1) is 4.64 Å². The van der Waals surface area contributed by atoms with Crippen LogP contribution < -0.4 is 0 Å². The summed E-state index contributed by atoms with van der Waals surface area (Å²) in [5.74, 6) is -0.415. The van der Waals surface area contributed by atoms with Gasteiger partial charge in [0.2, 0.25) is 0 Å². The molecule has 6 heteroatoms. The molecule has 0 radical (unpaired) electrons. The summed E-state index contributed by atoms with van der Waals surface area (Å²) in [5.41, 5.74) is 1.18. The third kappa shape index (κ3) is 2.26. The Balaban J connectivity index is 2.40. The normalized spacial score (nSPS) is 10.2. The number of aromatic amines is 1. The summed E-state index contributed by atoms with van der Waals surface area (Å²) < 4.78 is 6.93. The highest BCUT2D eigenvalue weighted by Gasteiger charge is 2.12. The summed E-state index contributed by atoms with van der Waals surface area (Å²) in [6, 6.07) is 3.59. The summed E-state index contributed by atoms with van der Waals surface area (Å²) in [4.78, 5) is 15.5. The van der Waals surface area contributed by atoms with E-state index in [0.29, 0.717) is 16.8 Å². The van der Waals surface area contributed by atoms with Crippen LogP contribution in [-0.4, -0.2) is 27.3 Å². The fourth-order valence-electron chi connectivity index (χ4n) is 1.41. The summed E-state index contributed by atoms with van der Waals surface area (Å²) in [6.07, 6.45) is 4.85. The molecule has 0 aliphatic heterocycles. The monoisotopic (exact) mass is 249 g/mol. The minimum absolute atomic E-state index is 0.327. The summed E-state index contributed by atoms with van der Waals surface area (Å²) in [6.45, 7) is 2.08. The maximum absolute atomic E-state index is 11.6. The number of ether oxygens (including phenoxy) is 1. The summed E-state index contributed by atoms with van der Waals surface area (Å²) in [5, 5.41) is 2.91. The van der Waals surface area contributed by atoms with Gasteiger partial charge in [-0.05, 0) is 19.1 Å². The Kier molecular flexibility index (Phi) is 3.34. The molecule has 0 aromatic carbocycles. The van der Waals surface area contributed by atoms with Crippen molar-refractivity contribution in [3.05, 3.63) is 40.9 Å². The Morgan fingerprint density at radius 1 is 1.53 bits per heavy atom. The van der Waals surface area contributed by atoms with Gasteiger partial charge in [0.25, 0.3) is 0 Å². The van der Waals surface area contributed by atoms with Crippen LogP contribution in [0.4, 0.5) is 0 Å². The molecule has 88 valence electrons. The van der Waals surface area contributed by atoms with E-state index >= 15 is 0 Å². The lowest BCUT2D eigenvalue weighted by molar-refractivity contribution is 0.0525. The smallest absolute Gasteiger partial charge is 0.342 e. The third-order valence-corrected chi connectivity index (χ3v) is 2.59. The zero-order chi connectivity index (χ0) is 12.3. The van der Waals surface area contributed by atoms with Crippen molar-refractivity contribution in [2.45, 2.75) is 6.92 Å². The van der Waals surface area contributed by atoms with E-state index in [-0.39, 0.29) is 0 Å². The van der Waals surface area contributed by atoms with Gasteiger partial charge >= 0.3 is 5.97 Å². The Labute approximate surface area is 103 Å². The van der Waals surface area contributed by atoms with Crippen LogP contribution in [0.3, 0.4) is 0 Å². The van der Waals surface area contributed by atoms with E-state index < -0.39 is 5.97 Å². The summed E-state index contributed by atoms with van der Waals surface area (Å²) in [7, 11) is 0. The van der Waals surface area contributed by atoms with E-state index in [1.165, 1.54) is 0 Å². The van der Waals surface area contributed by atoms with E-state index in [1.807, 2.05) is 0 Å². The second-order valence-corrected chi connectivity index (χ2v) is 3.64. The predicted molar refractivity (Wildman–Crippen MR) is 64.7 cm³/mol. The Morgan fingerprint density at radius 3 is 2.88 bits per heavy atom. The number of carbonyl (C=O) groups is 1. The first-order valence-electron chi connectivity index (χ1n) is 5.12. The molecule has 0 saturated carbocycles. The average molecular weight is 249 g/mol. The largest absolute Gasteiger partial charge is 0.462 e. The molecule has 0 atom stereocenters. The van der Waals surface area contributed by atoms with Crippen LogP contribution in [0.25, 0.3) is 5.69 Å². The van der Waals surface area contributed by atoms with Crippen molar-refractivity contribution in [3.63, 3.8) is 0 Å². The molecule has 0 aliphatic rings. The zero-order valence-electron chi connectivity index (χ0n) is 9.21. The molecular weight excluding hydrogens is 238 g/mol. The van der Waals surface area contributed by atoms with Crippen LogP contribution in [0.1, 0.15) is 17.3 Å². The molecule has 2 aromatic rings. The first-order valence-corrected chi connectivity index (χ1v) is 5.52. The van der Waals surface area contributed by atoms with E-state index in [1.54, 1.807) is 42.3 Å². The highest BCUT2D eigenvalue weighted by atomic mass is 32.1. The van der Waals surface area contributed by atoms with Crippen LogP contribution in [0.5, 0.6) is 0 Å². The number of hydrogen-bond donors (Lipinski definition) is 1. The van der Waals surface area contributed by atoms with E-state index in [4.69, 9.17) is 17.0 Å². The molecule has 2 aromatic heterocycles. The number of hydrogen-bond acceptors (Lipinski definition) is 4. The summed E-state index contributed by atoms with van der Waals surface area (Å²) >= 11 is 5.21. The van der Waals surface area contributed by atoms with Crippen molar-refractivity contribution < 1.29 is 9.53 Å². The number of H-pyrrole nitrogens is 1. The van der Waals surface area contributed by atoms with E-state index in [2.05, 4.69) is 10.1 Å². The van der Waals surface area contributed by atoms with Gasteiger partial charge in [-0.15, -0.1) is 0 Å². The molecule has 5 nitrogen and oxygen atoms in total. The number of rotatable bonds is 3. The molecule has 0 unspecified atom stereocenters. The molecule has 1 N–H and O–H groups in total. The zero-order valence-corrected chi connectivity index (χ0v) is 10.0. The number of nitrogens with one attached hydrogen (secondary N) is 1. The van der Waals surface area contributed by atoms with Crippen molar-refractivity contribution in [2.75, 3.05) is 6.61 Å². The number of carbonyl (C=O) groups excluding carboxylic acids is 1. The van der Waals surface area contributed by atoms with Crippen molar-refractivity contribution in [1.82, 2.24) is 14.8 Å². The topological polar surface area (TPSA) is 59.9 Å². The van der Waals surface area contributed by atoms with Gasteiger partial charge < -0.3 is 4.74 Å². The molecule has 2 rings (SSSR count). The minimum atomic E-state index is -0.415. The first-order chi connectivity index (χ1) is 8.24. The van der Waals surface area contributed by atoms with E-state index in [0.717, 1.165) is 5.69 Å². The Hall–Kier alpha value is -1.95. The lowest BCUT2D eigenvalue weighted by Crippen LogP contribution is -2.04. The first kappa shape index (κ1) is 11.5. The SMILES string of the molecule is CCOC(=O)c1c[nH]n(-c2ccncc2)c1=S. The molecule has 0 aliphatic carbocycles. The highest BCUT2D eigenvalue weighted by molar-refractivity contribution is 7.71. The van der Waals surface area contributed by atoms with Gasteiger partial charge in [0.05, 0.1) is 12.3 Å². The predicted octanol–water partition coefficient (Wildman–Crippen LogP) is 2.11. The highest BCUT2D eigenvalue weighted by Crippen LogP contribution is 2.10. The van der Waals surface area contributed by atoms with Gasteiger partial charge in [0.1, 0.15) is 10.2 Å². The van der Waals surface area contributed by atoms with Gasteiger partial charge in [0.15, 0.2) is 0 Å². The van der Waals surface area contributed by atoms with Crippen LogP contribution >= 0.6 is 12.2 Å². The van der Waals surface area contributed by atoms with Crippen LogP contribution in [0.15, 0.2) is 30.7 Å². The number of nitrogens with zero attached hydrogens (tertiary/aromatic N) is 2. The molecule has 0 saturated heterocycles. The lowest BCUT2D eigenvalue weighted by Gasteiger charge is -2.01. The lowest BCUT2D eigenvalue weighted by atomic mass is 10.3. The van der Waals surface area contributed by atoms with Crippen molar-refractivity contribution >= 4 is 18.2 Å². The molecule has 17 heavy (non-hydrogen) atoms. The number of pyridine rings is 1. The fourth-order valence-corrected chi connectivity index (χ4v) is 1.71. The van der Waals surface area contributed by atoms with Crippen LogP contribution in [0.2, 0.25) is 0 Å². The molecule has 0 spiro atoms. The van der Waals surface area contributed by atoms with Gasteiger partial charge in [0, 0.05) is 18.6 Å². The molecule has 2 heterocycles. The van der Waals surface area contributed by atoms with Crippen molar-refractivity contribution in [2.24, 2.45) is 0 Å². The van der Waals surface area contributed by atoms with Crippen molar-refractivity contribution in [3.8, 4) is 5.69 Å². The van der Waals surface area contributed by atoms with Crippen LogP contribution in [-0.2, 0) is 4.74 Å². The second kappa shape index (κ2) is 4.92. The molecule has 0 amide bonds. The standard InChI is InChI=1S/C11H11N3O2S/c1-2-16-11(15)9-7-13-14(10(9)17)8-3-5-12-6-4-8/h3-7,13H,2H2,1H3. The number of aromatic nitrogens is 3. The maximum Gasteiger partial charge on any atom is 0.342 e. The Morgan fingerprint density at radius 2 is 2.24 bits per heavy atom. The Bertz CT molecular complexity index is 574. The quantitative estimate of drug-likeness (QED) is 0.668. The van der Waals surface area contributed by atoms with Gasteiger partial charge in [-0.25, -0.2) is 9.48 Å². The van der Waals surface area contributed by atoms with Gasteiger partial charge in [-0.2, -0.15) is 0 Å².